The van der Waals surface area contributed by atoms with Crippen LogP contribution < -0.4 is 15.4 Å². The van der Waals surface area contributed by atoms with Crippen LogP contribution in [0.4, 0.5) is 42.2 Å². The molecule has 0 amide bonds. The molecule has 7 rings (SSSR count). The van der Waals surface area contributed by atoms with Crippen LogP contribution in [-0.4, -0.2) is 83.2 Å². The fraction of sp³-hybridized carbons (Fsp3) is 0.552. The lowest BCUT2D eigenvalue weighted by atomic mass is 9.95. The zero-order valence-electron chi connectivity index (χ0n) is 25.4. The van der Waals surface area contributed by atoms with Crippen LogP contribution in [0, 0.1) is 24.5 Å². The topological polar surface area (TPSA) is 89.6 Å². The summed E-state index contributed by atoms with van der Waals surface area (Å²) in [6.07, 6.45) is -6.15. The quantitative estimate of drug-likeness (QED) is 0.312. The third-order valence-corrected chi connectivity index (χ3v) is 9.04. The van der Waals surface area contributed by atoms with Crippen molar-refractivity contribution in [3.05, 3.63) is 35.0 Å². The van der Waals surface area contributed by atoms with Crippen LogP contribution in [0.3, 0.4) is 0 Å². The number of pyridine rings is 1. The molecule has 236 valence electrons. The minimum atomic E-state index is -5.12. The molecular weight excluding hydrogens is 597 g/mol. The summed E-state index contributed by atoms with van der Waals surface area (Å²) < 4.78 is 133. The Bertz CT molecular complexity index is 1730. The van der Waals surface area contributed by atoms with Gasteiger partial charge < -0.3 is 20.1 Å². The lowest BCUT2D eigenvalue weighted by Gasteiger charge is -2.31. The number of aromatic nitrogens is 3. The summed E-state index contributed by atoms with van der Waals surface area (Å²) >= 11 is 0. The van der Waals surface area contributed by atoms with Gasteiger partial charge in [0.15, 0.2) is 11.6 Å². The second kappa shape index (κ2) is 10.3. The van der Waals surface area contributed by atoms with Gasteiger partial charge in [0.05, 0.1) is 49.7 Å². The highest BCUT2D eigenvalue weighted by Gasteiger charge is 2.56. The van der Waals surface area contributed by atoms with E-state index in [9.17, 15) is 22.0 Å². The van der Waals surface area contributed by atoms with Crippen LogP contribution >= 0.6 is 0 Å². The zero-order chi connectivity index (χ0) is 32.9. The Morgan fingerprint density at radius 1 is 1.20 bits per heavy atom. The predicted octanol–water partition coefficient (Wildman–Crippen LogP) is 5.01. The molecule has 8 nitrogen and oxygen atoms in total. The summed E-state index contributed by atoms with van der Waals surface area (Å²) in [5.74, 6) is -3.68. The SMILES string of the molecule is [2H]C([2H])(Oc1nc(N2CCOC[C@H]3[C@H](F)[C@H]32)c2cnc(-c3c(F)c(N)cc(C)c3C(F)(F)F)c(F)c2n1)[C@@]12CCCN1C[C@H](F)C2. The van der Waals surface area contributed by atoms with Gasteiger partial charge in [0.25, 0.3) is 0 Å². The van der Waals surface area contributed by atoms with E-state index in [1.807, 2.05) is 0 Å². The average Bonchev–Trinajstić information content (AvgIpc) is 3.32. The van der Waals surface area contributed by atoms with Crippen LogP contribution in [0.25, 0.3) is 22.2 Å². The molecule has 3 saturated heterocycles. The van der Waals surface area contributed by atoms with Crippen molar-refractivity contribution in [2.24, 2.45) is 5.92 Å². The number of fused-ring (bicyclic) bond motifs is 3. The van der Waals surface area contributed by atoms with Gasteiger partial charge in [-0.25, -0.2) is 17.6 Å². The number of hydrogen-bond donors (Lipinski definition) is 1. The van der Waals surface area contributed by atoms with Crippen molar-refractivity contribution in [2.75, 3.05) is 50.0 Å². The van der Waals surface area contributed by atoms with Crippen molar-refractivity contribution in [1.82, 2.24) is 19.9 Å². The number of anilines is 2. The largest absolute Gasteiger partial charge is 0.461 e. The molecule has 3 aliphatic heterocycles. The molecule has 3 aromatic rings. The van der Waals surface area contributed by atoms with Crippen LogP contribution in [-0.2, 0) is 10.9 Å². The Kier molecular flexibility index (Phi) is 6.29. The average molecular weight is 629 g/mol. The summed E-state index contributed by atoms with van der Waals surface area (Å²) in [7, 11) is 0. The van der Waals surface area contributed by atoms with Crippen molar-refractivity contribution < 1.29 is 42.9 Å². The molecule has 1 saturated carbocycles. The first-order valence-electron chi connectivity index (χ1n) is 15.2. The standard InChI is InChI=1S/C29H29F7N6O2/c1-13-7-17(37)21(32)18(19(13)29(34,35)36)24-22(33)23-15(9-38-24)26(42-5-6-43-11-16-20(31)25(16)42)40-27(39-23)44-12-28-3-2-4-41(28)10-14(30)8-28/h7,9,14,16,20,25H,2-6,8,10-12,37H2,1H3/t14-,16+,20+,25+,28+/m1/s1/i12D2. The van der Waals surface area contributed by atoms with Crippen molar-refractivity contribution in [1.29, 1.82) is 0 Å². The van der Waals surface area contributed by atoms with Gasteiger partial charge >= 0.3 is 12.2 Å². The van der Waals surface area contributed by atoms with E-state index in [0.717, 1.165) is 19.2 Å². The smallest absolute Gasteiger partial charge is 0.417 e. The van der Waals surface area contributed by atoms with E-state index < -0.39 is 93.8 Å². The zero-order valence-corrected chi connectivity index (χ0v) is 23.4. The first-order chi connectivity index (χ1) is 21.6. The number of nitrogen functional groups attached to an aromatic ring is 1. The lowest BCUT2D eigenvalue weighted by molar-refractivity contribution is -0.137. The molecule has 0 spiro atoms. The third-order valence-electron chi connectivity index (χ3n) is 9.04. The summed E-state index contributed by atoms with van der Waals surface area (Å²) in [5.41, 5.74) is -1.29. The Balaban J connectivity index is 1.42. The minimum absolute atomic E-state index is 0.00217. The summed E-state index contributed by atoms with van der Waals surface area (Å²) in [5, 5.41) is -0.158. The Labute approximate surface area is 250 Å². The molecule has 5 atom stereocenters. The number of aryl methyl sites for hydroxylation is 1. The first kappa shape index (κ1) is 26.9. The van der Waals surface area contributed by atoms with E-state index >= 15 is 8.78 Å². The second-order valence-electron chi connectivity index (χ2n) is 11.8. The molecule has 0 unspecified atom stereocenters. The highest BCUT2D eigenvalue weighted by atomic mass is 19.4. The normalized spacial score (nSPS) is 29.7. The molecule has 1 aliphatic carbocycles. The fourth-order valence-corrected chi connectivity index (χ4v) is 6.96. The number of ether oxygens (including phenoxy) is 2. The van der Waals surface area contributed by atoms with Gasteiger partial charge in [-0.2, -0.15) is 23.1 Å². The maximum Gasteiger partial charge on any atom is 0.417 e. The minimum Gasteiger partial charge on any atom is -0.461 e. The fourth-order valence-electron chi connectivity index (χ4n) is 6.96. The van der Waals surface area contributed by atoms with Crippen molar-refractivity contribution in [2.45, 2.75) is 56.3 Å². The van der Waals surface area contributed by atoms with Crippen molar-refractivity contribution in [3.63, 3.8) is 0 Å². The molecule has 1 aromatic carbocycles. The number of nitrogens with two attached hydrogens (primary N) is 1. The van der Waals surface area contributed by atoms with E-state index in [-0.39, 0.29) is 50.3 Å². The molecule has 0 bridgehead atoms. The van der Waals surface area contributed by atoms with Crippen molar-refractivity contribution >= 4 is 22.4 Å². The number of hydrogen-bond acceptors (Lipinski definition) is 8. The number of rotatable bonds is 5. The van der Waals surface area contributed by atoms with E-state index in [2.05, 4.69) is 15.0 Å². The first-order valence-corrected chi connectivity index (χ1v) is 14.2. The molecule has 2 aromatic heterocycles. The van der Waals surface area contributed by atoms with Gasteiger partial charge in [0.2, 0.25) is 0 Å². The highest BCUT2D eigenvalue weighted by Crippen LogP contribution is 2.47. The lowest BCUT2D eigenvalue weighted by Crippen LogP contribution is -2.43. The van der Waals surface area contributed by atoms with Gasteiger partial charge in [-0.15, -0.1) is 0 Å². The van der Waals surface area contributed by atoms with E-state index in [4.69, 9.17) is 17.9 Å². The number of alkyl halides is 5. The molecule has 4 aliphatic rings. The van der Waals surface area contributed by atoms with E-state index in [0.29, 0.717) is 13.0 Å². The Hall–Kier alpha value is -3.46. The molecule has 5 heterocycles. The number of halogens is 7. The van der Waals surface area contributed by atoms with Gasteiger partial charge in [-0.1, -0.05) is 0 Å². The highest BCUT2D eigenvalue weighted by molar-refractivity contribution is 5.93. The summed E-state index contributed by atoms with van der Waals surface area (Å²) in [6, 6.07) is -0.679. The summed E-state index contributed by atoms with van der Waals surface area (Å²) in [4.78, 5) is 15.4. The maximum absolute atomic E-state index is 16.5. The molecule has 4 fully saturated rings. The molecule has 2 N–H and O–H groups in total. The second-order valence-corrected chi connectivity index (χ2v) is 11.8. The predicted molar refractivity (Wildman–Crippen MR) is 146 cm³/mol. The van der Waals surface area contributed by atoms with Gasteiger partial charge in [-0.3, -0.25) is 9.88 Å². The van der Waals surface area contributed by atoms with E-state index in [1.54, 1.807) is 4.90 Å². The molecular formula is C29H29F7N6O2. The van der Waals surface area contributed by atoms with Gasteiger partial charge in [0, 0.05) is 31.6 Å². The monoisotopic (exact) mass is 628 g/mol. The Morgan fingerprint density at radius 2 is 2.00 bits per heavy atom. The van der Waals surface area contributed by atoms with Crippen LogP contribution in [0.1, 0.15) is 33.1 Å². The van der Waals surface area contributed by atoms with Crippen LogP contribution in [0.2, 0.25) is 0 Å². The molecule has 0 radical (unpaired) electrons. The van der Waals surface area contributed by atoms with Gasteiger partial charge in [-0.05, 0) is 37.9 Å². The number of nitrogens with zero attached hydrogens (tertiary/aromatic N) is 5. The van der Waals surface area contributed by atoms with Crippen molar-refractivity contribution in [3.8, 4) is 17.3 Å². The molecule has 15 heteroatoms. The summed E-state index contributed by atoms with van der Waals surface area (Å²) in [6.45, 7) is -0.802. The number of benzene rings is 1. The van der Waals surface area contributed by atoms with Crippen LogP contribution in [0.15, 0.2) is 12.3 Å². The van der Waals surface area contributed by atoms with Gasteiger partial charge in [0.1, 0.15) is 35.9 Å². The molecule has 44 heavy (non-hydrogen) atoms. The van der Waals surface area contributed by atoms with Crippen LogP contribution in [0.5, 0.6) is 6.01 Å². The maximum atomic E-state index is 16.5. The third kappa shape index (κ3) is 4.61. The Morgan fingerprint density at radius 3 is 2.77 bits per heavy atom. The van der Waals surface area contributed by atoms with E-state index in [1.165, 1.54) is 4.90 Å².